The molecule has 0 aliphatic heterocycles. The first-order valence-corrected chi connectivity index (χ1v) is 10.4. The molecule has 1 unspecified atom stereocenters. The van der Waals surface area contributed by atoms with Gasteiger partial charge in [-0.05, 0) is 42.9 Å². The third kappa shape index (κ3) is 6.94. The minimum Gasteiger partial charge on any atom is -0.450 e. The molecule has 0 bridgehead atoms. The molecule has 5 heteroatoms. The molecule has 1 fully saturated rings. The number of carbonyl (C=O) groups is 1. The van der Waals surface area contributed by atoms with Crippen LogP contribution in [-0.2, 0) is 9.53 Å². The maximum absolute atomic E-state index is 12.3. The second-order valence-electron chi connectivity index (χ2n) is 7.27. The van der Waals surface area contributed by atoms with Crippen molar-refractivity contribution in [2.75, 3.05) is 32.8 Å². The first kappa shape index (κ1) is 22.4. The molecule has 0 spiro atoms. The lowest BCUT2D eigenvalue weighted by molar-refractivity contribution is -0.152. The predicted octanol–water partition coefficient (Wildman–Crippen LogP) is 3.02. The molecule has 0 aromatic heterocycles. The van der Waals surface area contributed by atoms with E-state index in [4.69, 9.17) is 9.84 Å². The summed E-state index contributed by atoms with van der Waals surface area (Å²) in [5.74, 6) is 5.57. The zero-order valence-corrected chi connectivity index (χ0v) is 16.9. The summed E-state index contributed by atoms with van der Waals surface area (Å²) in [6.07, 6.45) is 5.32. The molecule has 1 saturated carbocycles. The van der Waals surface area contributed by atoms with E-state index in [-0.39, 0.29) is 13.2 Å². The highest BCUT2D eigenvalue weighted by atomic mass is 16.5. The zero-order valence-electron chi connectivity index (χ0n) is 16.9. The molecule has 0 radical (unpaired) electrons. The first-order chi connectivity index (χ1) is 13.7. The van der Waals surface area contributed by atoms with Crippen LogP contribution in [0.25, 0.3) is 0 Å². The SMILES string of the molecule is CCN(CC#CCOC(=O)C(O)c1ccccc1C1CCCCC1)CCCO. The molecule has 1 aliphatic rings. The lowest BCUT2D eigenvalue weighted by atomic mass is 9.81. The lowest BCUT2D eigenvalue weighted by Gasteiger charge is -2.25. The molecule has 2 rings (SSSR count). The van der Waals surface area contributed by atoms with Gasteiger partial charge in [-0.3, -0.25) is 4.90 Å². The van der Waals surface area contributed by atoms with E-state index >= 15 is 0 Å². The second-order valence-corrected chi connectivity index (χ2v) is 7.27. The Balaban J connectivity index is 1.87. The van der Waals surface area contributed by atoms with E-state index in [9.17, 15) is 9.90 Å². The number of aliphatic hydroxyl groups is 2. The third-order valence-corrected chi connectivity index (χ3v) is 5.35. The van der Waals surface area contributed by atoms with Gasteiger partial charge in [-0.25, -0.2) is 4.79 Å². The second kappa shape index (κ2) is 12.6. The minimum absolute atomic E-state index is 0.0287. The molecule has 1 aromatic rings. The maximum atomic E-state index is 12.3. The number of nitrogens with zero attached hydrogens (tertiary/aromatic N) is 1. The van der Waals surface area contributed by atoms with Crippen LogP contribution in [0, 0.1) is 11.8 Å². The van der Waals surface area contributed by atoms with Crippen LogP contribution < -0.4 is 0 Å². The highest BCUT2D eigenvalue weighted by Gasteiger charge is 2.25. The van der Waals surface area contributed by atoms with Crippen molar-refractivity contribution in [3.63, 3.8) is 0 Å². The molecule has 2 N–H and O–H groups in total. The predicted molar refractivity (Wildman–Crippen MR) is 110 cm³/mol. The topological polar surface area (TPSA) is 70.0 Å². The molecule has 0 amide bonds. The van der Waals surface area contributed by atoms with Crippen molar-refractivity contribution >= 4 is 5.97 Å². The van der Waals surface area contributed by atoms with E-state index in [0.717, 1.165) is 37.9 Å². The molecule has 1 atom stereocenters. The molecule has 154 valence electrons. The summed E-state index contributed by atoms with van der Waals surface area (Å²) in [6, 6.07) is 7.66. The number of aliphatic hydroxyl groups excluding tert-OH is 2. The van der Waals surface area contributed by atoms with E-state index < -0.39 is 12.1 Å². The first-order valence-electron chi connectivity index (χ1n) is 10.4. The Morgan fingerprint density at radius 3 is 2.71 bits per heavy atom. The minimum atomic E-state index is -1.27. The van der Waals surface area contributed by atoms with Crippen molar-refractivity contribution in [1.82, 2.24) is 4.90 Å². The smallest absolute Gasteiger partial charge is 0.340 e. The van der Waals surface area contributed by atoms with Gasteiger partial charge in [0.1, 0.15) is 0 Å². The Labute approximate surface area is 168 Å². The monoisotopic (exact) mass is 387 g/mol. The number of benzene rings is 1. The molecule has 1 aliphatic carbocycles. The quantitative estimate of drug-likeness (QED) is 0.503. The van der Waals surface area contributed by atoms with Crippen molar-refractivity contribution in [2.24, 2.45) is 0 Å². The zero-order chi connectivity index (χ0) is 20.2. The van der Waals surface area contributed by atoms with Crippen molar-refractivity contribution in [3.8, 4) is 11.8 Å². The van der Waals surface area contributed by atoms with Crippen LogP contribution in [0.15, 0.2) is 24.3 Å². The Hall–Kier alpha value is -1.87. The summed E-state index contributed by atoms with van der Waals surface area (Å²) in [6.45, 7) is 4.39. The van der Waals surface area contributed by atoms with Crippen LogP contribution in [0.5, 0.6) is 0 Å². The average Bonchev–Trinajstić information content (AvgIpc) is 2.75. The standard InChI is InChI=1S/C23H33NO4/c1-2-24(16-10-17-25)15-8-9-18-28-23(27)22(26)21-14-7-6-13-20(21)19-11-4-3-5-12-19/h6-7,13-14,19,22,25-26H,2-5,10-12,15-18H2,1H3. The lowest BCUT2D eigenvalue weighted by Crippen LogP contribution is -2.25. The van der Waals surface area contributed by atoms with Crippen LogP contribution in [0.4, 0.5) is 0 Å². The summed E-state index contributed by atoms with van der Waals surface area (Å²) in [4.78, 5) is 14.4. The summed E-state index contributed by atoms with van der Waals surface area (Å²) >= 11 is 0. The largest absolute Gasteiger partial charge is 0.450 e. The summed E-state index contributed by atoms with van der Waals surface area (Å²) < 4.78 is 5.18. The van der Waals surface area contributed by atoms with Crippen LogP contribution in [0.3, 0.4) is 0 Å². The number of ether oxygens (including phenoxy) is 1. The molecule has 5 nitrogen and oxygen atoms in total. The van der Waals surface area contributed by atoms with E-state index in [2.05, 4.69) is 16.7 Å². The van der Waals surface area contributed by atoms with Gasteiger partial charge in [0.05, 0.1) is 6.54 Å². The Morgan fingerprint density at radius 2 is 2.00 bits per heavy atom. The van der Waals surface area contributed by atoms with Crippen LogP contribution in [0.2, 0.25) is 0 Å². The molecule has 1 aromatic carbocycles. The van der Waals surface area contributed by atoms with Gasteiger partial charge >= 0.3 is 5.97 Å². The number of rotatable bonds is 9. The van der Waals surface area contributed by atoms with Gasteiger partial charge in [0.25, 0.3) is 0 Å². The highest BCUT2D eigenvalue weighted by molar-refractivity contribution is 5.77. The van der Waals surface area contributed by atoms with E-state index in [0.29, 0.717) is 18.0 Å². The Kier molecular flexibility index (Phi) is 10.1. The van der Waals surface area contributed by atoms with Crippen molar-refractivity contribution < 1.29 is 19.7 Å². The molecular weight excluding hydrogens is 354 g/mol. The fourth-order valence-electron chi connectivity index (χ4n) is 3.72. The highest BCUT2D eigenvalue weighted by Crippen LogP contribution is 2.36. The third-order valence-electron chi connectivity index (χ3n) is 5.35. The molecule has 28 heavy (non-hydrogen) atoms. The van der Waals surface area contributed by atoms with Gasteiger partial charge in [0, 0.05) is 13.2 Å². The van der Waals surface area contributed by atoms with E-state index in [1.54, 1.807) is 0 Å². The number of carbonyl (C=O) groups excluding carboxylic acids is 1. The van der Waals surface area contributed by atoms with Gasteiger partial charge in [-0.15, -0.1) is 0 Å². The summed E-state index contributed by atoms with van der Waals surface area (Å²) in [5, 5.41) is 19.4. The van der Waals surface area contributed by atoms with Crippen LogP contribution in [0.1, 0.15) is 68.6 Å². The average molecular weight is 388 g/mol. The van der Waals surface area contributed by atoms with Gasteiger partial charge < -0.3 is 14.9 Å². The Morgan fingerprint density at radius 1 is 1.25 bits per heavy atom. The number of hydrogen-bond donors (Lipinski definition) is 2. The van der Waals surface area contributed by atoms with E-state index in [1.807, 2.05) is 31.2 Å². The van der Waals surface area contributed by atoms with E-state index in [1.165, 1.54) is 19.3 Å². The fourth-order valence-corrected chi connectivity index (χ4v) is 3.72. The van der Waals surface area contributed by atoms with Crippen LogP contribution in [-0.4, -0.2) is 53.9 Å². The van der Waals surface area contributed by atoms with Crippen molar-refractivity contribution in [2.45, 2.75) is 57.5 Å². The molecule has 0 heterocycles. The number of esters is 1. The number of hydrogen-bond acceptors (Lipinski definition) is 5. The van der Waals surface area contributed by atoms with Gasteiger partial charge in [0.2, 0.25) is 0 Å². The summed E-state index contributed by atoms with van der Waals surface area (Å²) in [5.41, 5.74) is 1.73. The van der Waals surface area contributed by atoms with Crippen molar-refractivity contribution in [1.29, 1.82) is 0 Å². The molecular formula is C23H33NO4. The van der Waals surface area contributed by atoms with Crippen LogP contribution >= 0.6 is 0 Å². The maximum Gasteiger partial charge on any atom is 0.340 e. The molecule has 0 saturated heterocycles. The normalized spacial score (nSPS) is 15.7. The van der Waals surface area contributed by atoms with Gasteiger partial charge in [-0.2, -0.15) is 0 Å². The van der Waals surface area contributed by atoms with Crippen molar-refractivity contribution in [3.05, 3.63) is 35.4 Å². The summed E-state index contributed by atoms with van der Waals surface area (Å²) in [7, 11) is 0. The fraction of sp³-hybridized carbons (Fsp3) is 0.609. The Bertz CT molecular complexity index is 658. The van der Waals surface area contributed by atoms with Gasteiger partial charge in [-0.1, -0.05) is 62.3 Å². The van der Waals surface area contributed by atoms with Gasteiger partial charge in [0.15, 0.2) is 12.7 Å².